The number of methoxy groups -OCH3 is 1. The summed E-state index contributed by atoms with van der Waals surface area (Å²) in [6.07, 6.45) is -0.682. The molecule has 0 aliphatic rings. The van der Waals surface area contributed by atoms with Gasteiger partial charge in [0.2, 0.25) is 0 Å². The number of fused-ring (bicyclic) bond motifs is 1. The van der Waals surface area contributed by atoms with E-state index in [9.17, 15) is 9.59 Å². The topological polar surface area (TPSA) is 74.5 Å². The number of rotatable bonds is 5. The van der Waals surface area contributed by atoms with E-state index in [4.69, 9.17) is 9.47 Å². The molecule has 0 saturated heterocycles. The molecule has 1 aromatic heterocycles. The number of hydrogen-bond donors (Lipinski definition) is 1. The summed E-state index contributed by atoms with van der Waals surface area (Å²) in [5, 5.41) is 2.82. The number of carbonyl (C=O) groups is 1. The van der Waals surface area contributed by atoms with Crippen molar-refractivity contribution in [3.63, 3.8) is 0 Å². The number of imidazole rings is 1. The van der Waals surface area contributed by atoms with Gasteiger partial charge in [-0.25, -0.2) is 4.79 Å². The Morgan fingerprint density at radius 3 is 2.27 bits per heavy atom. The fourth-order valence-electron chi connectivity index (χ4n) is 2.74. The Bertz CT molecular complexity index is 1000. The average Bonchev–Trinajstić information content (AvgIpc) is 2.86. The summed E-state index contributed by atoms with van der Waals surface area (Å²) >= 11 is 0. The van der Waals surface area contributed by atoms with Crippen molar-refractivity contribution >= 4 is 22.6 Å². The first-order chi connectivity index (χ1) is 12.4. The Hall–Kier alpha value is -3.22. The number of hydrogen-bond acceptors (Lipinski definition) is 4. The molecule has 0 saturated carbocycles. The Balaban J connectivity index is 1.73. The minimum atomic E-state index is -0.682. The number of carbonyl (C=O) groups excluding carboxylic acids is 1. The van der Waals surface area contributed by atoms with Crippen molar-refractivity contribution in [3.8, 4) is 11.5 Å². The summed E-state index contributed by atoms with van der Waals surface area (Å²) < 4.78 is 13.9. The van der Waals surface area contributed by atoms with Crippen LogP contribution in [-0.4, -0.2) is 28.3 Å². The summed E-state index contributed by atoms with van der Waals surface area (Å²) in [6.45, 7) is 1.68. The van der Waals surface area contributed by atoms with Gasteiger partial charge in [0.1, 0.15) is 11.5 Å². The maximum absolute atomic E-state index is 12.4. The van der Waals surface area contributed by atoms with Gasteiger partial charge < -0.3 is 14.8 Å². The fraction of sp³-hybridized carbons (Fsp3) is 0.263. The molecule has 0 fully saturated rings. The third-order valence-corrected chi connectivity index (χ3v) is 4.28. The number of amides is 1. The number of benzene rings is 2. The van der Waals surface area contributed by atoms with Gasteiger partial charge in [-0.2, -0.15) is 0 Å². The van der Waals surface area contributed by atoms with E-state index in [0.29, 0.717) is 11.4 Å². The van der Waals surface area contributed by atoms with Gasteiger partial charge >= 0.3 is 5.69 Å². The first-order valence-electron chi connectivity index (χ1n) is 8.17. The molecule has 0 radical (unpaired) electrons. The minimum Gasteiger partial charge on any atom is -0.497 e. The molecular weight excluding hydrogens is 334 g/mol. The van der Waals surface area contributed by atoms with Crippen LogP contribution in [0.15, 0.2) is 47.3 Å². The van der Waals surface area contributed by atoms with Crippen LogP contribution in [0.4, 0.5) is 5.69 Å². The average molecular weight is 355 g/mol. The highest BCUT2D eigenvalue weighted by atomic mass is 16.5. The van der Waals surface area contributed by atoms with E-state index in [-0.39, 0.29) is 11.6 Å². The maximum Gasteiger partial charge on any atom is 0.328 e. The molecule has 2 aromatic carbocycles. The number of aryl methyl sites for hydroxylation is 2. The monoisotopic (exact) mass is 355 g/mol. The van der Waals surface area contributed by atoms with Gasteiger partial charge in [0.05, 0.1) is 18.1 Å². The lowest BCUT2D eigenvalue weighted by Crippen LogP contribution is -2.30. The summed E-state index contributed by atoms with van der Waals surface area (Å²) in [4.78, 5) is 24.4. The predicted octanol–water partition coefficient (Wildman–Crippen LogP) is 2.29. The molecule has 3 rings (SSSR count). The Morgan fingerprint density at radius 2 is 1.62 bits per heavy atom. The zero-order valence-corrected chi connectivity index (χ0v) is 15.1. The van der Waals surface area contributed by atoms with Gasteiger partial charge in [0.15, 0.2) is 6.10 Å². The van der Waals surface area contributed by atoms with Crippen molar-refractivity contribution in [3.05, 3.63) is 52.9 Å². The lowest BCUT2D eigenvalue weighted by Gasteiger charge is -2.15. The molecule has 0 unspecified atom stereocenters. The lowest BCUT2D eigenvalue weighted by atomic mass is 10.2. The third kappa shape index (κ3) is 3.28. The summed E-state index contributed by atoms with van der Waals surface area (Å²) in [6, 6.07) is 12.4. The van der Waals surface area contributed by atoms with Gasteiger partial charge in [-0.15, -0.1) is 0 Å². The molecule has 136 valence electrons. The number of anilines is 1. The standard InChI is InChI=1S/C19H21N3O4/c1-12(26-15-8-6-14(25-4)7-9-15)18(23)20-13-5-10-16-17(11-13)22(3)19(24)21(16)2/h5-12H,1-4H3,(H,20,23)/t12-/m1/s1. The van der Waals surface area contributed by atoms with Gasteiger partial charge in [-0.3, -0.25) is 13.9 Å². The highest BCUT2D eigenvalue weighted by Gasteiger charge is 2.16. The molecule has 1 heterocycles. The smallest absolute Gasteiger partial charge is 0.328 e. The van der Waals surface area contributed by atoms with Crippen molar-refractivity contribution in [2.24, 2.45) is 14.1 Å². The number of aromatic nitrogens is 2. The zero-order chi connectivity index (χ0) is 18.8. The van der Waals surface area contributed by atoms with Crippen molar-refractivity contribution in [1.29, 1.82) is 0 Å². The Morgan fingerprint density at radius 1 is 1.00 bits per heavy atom. The molecule has 0 aliphatic carbocycles. The quantitative estimate of drug-likeness (QED) is 0.762. The minimum absolute atomic E-state index is 0.111. The van der Waals surface area contributed by atoms with Crippen LogP contribution in [0, 0.1) is 0 Å². The maximum atomic E-state index is 12.4. The van der Waals surface area contributed by atoms with Crippen LogP contribution in [0.25, 0.3) is 11.0 Å². The van der Waals surface area contributed by atoms with E-state index in [0.717, 1.165) is 16.8 Å². The van der Waals surface area contributed by atoms with Gasteiger partial charge in [0.25, 0.3) is 5.91 Å². The molecule has 3 aromatic rings. The molecule has 26 heavy (non-hydrogen) atoms. The molecular formula is C19H21N3O4. The van der Waals surface area contributed by atoms with E-state index >= 15 is 0 Å². The second kappa shape index (κ2) is 6.95. The van der Waals surface area contributed by atoms with E-state index in [2.05, 4.69) is 5.32 Å². The van der Waals surface area contributed by atoms with Crippen LogP contribution in [0.5, 0.6) is 11.5 Å². The first kappa shape index (κ1) is 17.6. The van der Waals surface area contributed by atoms with Gasteiger partial charge in [0, 0.05) is 19.8 Å². The van der Waals surface area contributed by atoms with E-state index < -0.39 is 6.10 Å². The molecule has 1 amide bonds. The highest BCUT2D eigenvalue weighted by Crippen LogP contribution is 2.20. The summed E-state index contributed by atoms with van der Waals surface area (Å²) in [7, 11) is 5.00. The Labute approximate surface area is 150 Å². The van der Waals surface area contributed by atoms with E-state index in [1.165, 1.54) is 0 Å². The molecule has 0 aliphatic heterocycles. The normalized spacial score (nSPS) is 12.0. The largest absolute Gasteiger partial charge is 0.497 e. The van der Waals surface area contributed by atoms with Crippen LogP contribution in [0.1, 0.15) is 6.92 Å². The molecule has 0 bridgehead atoms. The second-order valence-corrected chi connectivity index (χ2v) is 6.03. The third-order valence-electron chi connectivity index (χ3n) is 4.28. The summed E-state index contributed by atoms with van der Waals surface area (Å²) in [5.74, 6) is 1.02. The van der Waals surface area contributed by atoms with E-state index in [1.807, 2.05) is 0 Å². The predicted molar refractivity (Wildman–Crippen MR) is 99.9 cm³/mol. The van der Waals surface area contributed by atoms with Crippen LogP contribution in [0.2, 0.25) is 0 Å². The molecule has 1 N–H and O–H groups in total. The van der Waals surface area contributed by atoms with Crippen LogP contribution >= 0.6 is 0 Å². The van der Waals surface area contributed by atoms with Crippen LogP contribution < -0.4 is 20.5 Å². The van der Waals surface area contributed by atoms with E-state index in [1.54, 1.807) is 79.7 Å². The highest BCUT2D eigenvalue weighted by molar-refractivity contribution is 5.95. The molecule has 7 heteroatoms. The molecule has 1 atom stereocenters. The SMILES string of the molecule is COc1ccc(O[C@H](C)C(=O)Nc2ccc3c(c2)n(C)c(=O)n3C)cc1. The number of nitrogens with zero attached hydrogens (tertiary/aromatic N) is 2. The van der Waals surface area contributed by atoms with Gasteiger partial charge in [-0.1, -0.05) is 0 Å². The van der Waals surface area contributed by atoms with Crippen molar-refractivity contribution in [2.45, 2.75) is 13.0 Å². The molecule has 0 spiro atoms. The van der Waals surface area contributed by atoms with Crippen LogP contribution in [0.3, 0.4) is 0 Å². The zero-order valence-electron chi connectivity index (χ0n) is 15.1. The second-order valence-electron chi connectivity index (χ2n) is 6.03. The van der Waals surface area contributed by atoms with Crippen molar-refractivity contribution in [1.82, 2.24) is 9.13 Å². The first-order valence-corrected chi connectivity index (χ1v) is 8.17. The fourth-order valence-corrected chi connectivity index (χ4v) is 2.74. The number of nitrogens with one attached hydrogen (secondary N) is 1. The lowest BCUT2D eigenvalue weighted by molar-refractivity contribution is -0.122. The van der Waals surface area contributed by atoms with Crippen molar-refractivity contribution in [2.75, 3.05) is 12.4 Å². The van der Waals surface area contributed by atoms with Gasteiger partial charge in [-0.05, 0) is 49.4 Å². The van der Waals surface area contributed by atoms with Crippen LogP contribution in [-0.2, 0) is 18.9 Å². The van der Waals surface area contributed by atoms with Crippen molar-refractivity contribution < 1.29 is 14.3 Å². The molecule has 7 nitrogen and oxygen atoms in total. The number of ether oxygens (including phenoxy) is 2. The Kier molecular flexibility index (Phi) is 4.71. The summed E-state index contributed by atoms with van der Waals surface area (Å²) in [5.41, 5.74) is 2.05.